The maximum atomic E-state index is 13.2. The molecule has 0 unspecified atom stereocenters. The predicted molar refractivity (Wildman–Crippen MR) is 58.1 cm³/mol. The van der Waals surface area contributed by atoms with Crippen LogP contribution in [0.1, 0.15) is 17.3 Å². The number of halogens is 2. The van der Waals surface area contributed by atoms with Crippen LogP contribution in [0.3, 0.4) is 0 Å². The lowest BCUT2D eigenvalue weighted by atomic mass is 10.2. The molecule has 0 radical (unpaired) electrons. The standard InChI is InChI=1S/C10H11BrFNO2/c1-6(14)5-13-10(15)8-4-7(11)2-3-9(8)12/h2-4,6,14H,5H2,1H3,(H,13,15)/t6-/m0/s1. The zero-order valence-electron chi connectivity index (χ0n) is 8.13. The number of aliphatic hydroxyl groups is 1. The number of benzene rings is 1. The lowest BCUT2D eigenvalue weighted by molar-refractivity contribution is 0.0920. The monoisotopic (exact) mass is 275 g/mol. The Kier molecular flexibility index (Phi) is 4.23. The van der Waals surface area contributed by atoms with E-state index < -0.39 is 17.8 Å². The molecule has 15 heavy (non-hydrogen) atoms. The molecule has 2 N–H and O–H groups in total. The van der Waals surface area contributed by atoms with E-state index in [4.69, 9.17) is 5.11 Å². The van der Waals surface area contributed by atoms with Gasteiger partial charge in [-0.25, -0.2) is 4.39 Å². The van der Waals surface area contributed by atoms with Crippen molar-refractivity contribution in [2.24, 2.45) is 0 Å². The SMILES string of the molecule is C[C@H](O)CNC(=O)c1cc(Br)ccc1F. The van der Waals surface area contributed by atoms with Gasteiger partial charge in [-0.05, 0) is 25.1 Å². The smallest absolute Gasteiger partial charge is 0.254 e. The maximum absolute atomic E-state index is 13.2. The molecule has 3 nitrogen and oxygen atoms in total. The Morgan fingerprint density at radius 1 is 1.67 bits per heavy atom. The largest absolute Gasteiger partial charge is 0.392 e. The third kappa shape index (κ3) is 3.60. The third-order valence-corrected chi connectivity index (χ3v) is 2.22. The summed E-state index contributed by atoms with van der Waals surface area (Å²) in [5.41, 5.74) is -0.0370. The minimum Gasteiger partial charge on any atom is -0.392 e. The highest BCUT2D eigenvalue weighted by molar-refractivity contribution is 9.10. The highest BCUT2D eigenvalue weighted by Gasteiger charge is 2.12. The molecule has 0 bridgehead atoms. The van der Waals surface area contributed by atoms with Crippen LogP contribution in [0.5, 0.6) is 0 Å². The van der Waals surface area contributed by atoms with Crippen LogP contribution in [0.4, 0.5) is 4.39 Å². The summed E-state index contributed by atoms with van der Waals surface area (Å²) < 4.78 is 13.8. The molecule has 1 aromatic carbocycles. The molecule has 0 fully saturated rings. The Labute approximate surface area is 95.4 Å². The van der Waals surface area contributed by atoms with E-state index in [-0.39, 0.29) is 12.1 Å². The number of rotatable bonds is 3. The summed E-state index contributed by atoms with van der Waals surface area (Å²) in [6.07, 6.45) is -0.649. The van der Waals surface area contributed by atoms with Crippen molar-refractivity contribution >= 4 is 21.8 Å². The highest BCUT2D eigenvalue weighted by atomic mass is 79.9. The molecule has 0 spiro atoms. The molecule has 1 atom stereocenters. The van der Waals surface area contributed by atoms with Crippen molar-refractivity contribution in [1.82, 2.24) is 5.32 Å². The molecule has 1 aromatic rings. The predicted octanol–water partition coefficient (Wildman–Crippen LogP) is 1.70. The Bertz CT molecular complexity index is 368. The molecule has 82 valence electrons. The van der Waals surface area contributed by atoms with Gasteiger partial charge in [0.15, 0.2) is 0 Å². The molecule has 1 rings (SSSR count). The lowest BCUT2D eigenvalue weighted by Crippen LogP contribution is -2.31. The van der Waals surface area contributed by atoms with Gasteiger partial charge >= 0.3 is 0 Å². The van der Waals surface area contributed by atoms with Gasteiger partial charge in [0.25, 0.3) is 5.91 Å². The topological polar surface area (TPSA) is 49.3 Å². The molecule has 0 saturated carbocycles. The fraction of sp³-hybridized carbons (Fsp3) is 0.300. The van der Waals surface area contributed by atoms with E-state index in [1.165, 1.54) is 25.1 Å². The van der Waals surface area contributed by atoms with Gasteiger partial charge in [0, 0.05) is 11.0 Å². The number of amides is 1. The van der Waals surface area contributed by atoms with Gasteiger partial charge in [0.2, 0.25) is 0 Å². The normalized spacial score (nSPS) is 12.3. The second-order valence-corrected chi connectivity index (χ2v) is 4.10. The first kappa shape index (κ1) is 12.1. The molecule has 0 aromatic heterocycles. The Morgan fingerprint density at radius 2 is 2.33 bits per heavy atom. The van der Waals surface area contributed by atoms with E-state index in [1.807, 2.05) is 0 Å². The summed E-state index contributed by atoms with van der Waals surface area (Å²) in [5, 5.41) is 11.4. The Balaban J connectivity index is 2.77. The first-order valence-electron chi connectivity index (χ1n) is 4.42. The van der Waals surface area contributed by atoms with Crippen LogP contribution in [-0.4, -0.2) is 23.7 Å². The quantitative estimate of drug-likeness (QED) is 0.882. The van der Waals surface area contributed by atoms with Gasteiger partial charge in [-0.3, -0.25) is 4.79 Å². The van der Waals surface area contributed by atoms with Gasteiger partial charge in [-0.1, -0.05) is 15.9 Å². The summed E-state index contributed by atoms with van der Waals surface area (Å²) in [6.45, 7) is 1.64. The number of hydrogen-bond acceptors (Lipinski definition) is 2. The Morgan fingerprint density at radius 3 is 2.93 bits per heavy atom. The van der Waals surface area contributed by atoms with Crippen molar-refractivity contribution in [2.75, 3.05) is 6.54 Å². The van der Waals surface area contributed by atoms with Crippen LogP contribution >= 0.6 is 15.9 Å². The lowest BCUT2D eigenvalue weighted by Gasteiger charge is -2.07. The summed E-state index contributed by atoms with van der Waals surface area (Å²) in [5.74, 6) is -1.11. The highest BCUT2D eigenvalue weighted by Crippen LogP contribution is 2.15. The van der Waals surface area contributed by atoms with Crippen molar-refractivity contribution in [3.63, 3.8) is 0 Å². The van der Waals surface area contributed by atoms with Gasteiger partial charge in [0.05, 0.1) is 11.7 Å². The van der Waals surface area contributed by atoms with Crippen LogP contribution in [0, 0.1) is 5.82 Å². The van der Waals surface area contributed by atoms with Crippen molar-refractivity contribution in [3.8, 4) is 0 Å². The molecule has 0 aliphatic carbocycles. The van der Waals surface area contributed by atoms with Gasteiger partial charge in [-0.15, -0.1) is 0 Å². The number of hydrogen-bond donors (Lipinski definition) is 2. The summed E-state index contributed by atoms with van der Waals surface area (Å²) in [4.78, 5) is 11.4. The van der Waals surface area contributed by atoms with Crippen LogP contribution < -0.4 is 5.32 Å². The molecule has 0 heterocycles. The number of nitrogens with one attached hydrogen (secondary N) is 1. The van der Waals surface area contributed by atoms with E-state index in [0.717, 1.165) is 0 Å². The third-order valence-electron chi connectivity index (χ3n) is 1.73. The van der Waals surface area contributed by atoms with Crippen LogP contribution in [-0.2, 0) is 0 Å². The van der Waals surface area contributed by atoms with Crippen LogP contribution in [0.15, 0.2) is 22.7 Å². The molecule has 0 aliphatic rings. The van der Waals surface area contributed by atoms with Crippen molar-refractivity contribution in [3.05, 3.63) is 34.1 Å². The number of aliphatic hydroxyl groups excluding tert-OH is 1. The summed E-state index contributed by atoms with van der Waals surface area (Å²) in [6, 6.07) is 4.12. The van der Waals surface area contributed by atoms with Crippen molar-refractivity contribution in [2.45, 2.75) is 13.0 Å². The average Bonchev–Trinajstić information content (AvgIpc) is 2.18. The second kappa shape index (κ2) is 5.23. The zero-order chi connectivity index (χ0) is 11.4. The van der Waals surface area contributed by atoms with Crippen LogP contribution in [0.2, 0.25) is 0 Å². The number of carbonyl (C=O) groups is 1. The average molecular weight is 276 g/mol. The zero-order valence-corrected chi connectivity index (χ0v) is 9.71. The van der Waals surface area contributed by atoms with Gasteiger partial charge in [-0.2, -0.15) is 0 Å². The van der Waals surface area contributed by atoms with E-state index in [2.05, 4.69) is 21.2 Å². The van der Waals surface area contributed by atoms with Crippen LogP contribution in [0.25, 0.3) is 0 Å². The molecular weight excluding hydrogens is 265 g/mol. The van der Waals surface area contributed by atoms with Gasteiger partial charge in [0.1, 0.15) is 5.82 Å². The maximum Gasteiger partial charge on any atom is 0.254 e. The van der Waals surface area contributed by atoms with E-state index in [1.54, 1.807) is 0 Å². The first-order valence-corrected chi connectivity index (χ1v) is 5.21. The molecule has 1 amide bonds. The minimum absolute atomic E-state index is 0.0370. The molecular formula is C10H11BrFNO2. The van der Waals surface area contributed by atoms with Crippen molar-refractivity contribution < 1.29 is 14.3 Å². The number of carbonyl (C=O) groups excluding carboxylic acids is 1. The fourth-order valence-electron chi connectivity index (χ4n) is 1.01. The Hall–Kier alpha value is -0.940. The van der Waals surface area contributed by atoms with E-state index >= 15 is 0 Å². The fourth-order valence-corrected chi connectivity index (χ4v) is 1.37. The molecule has 5 heteroatoms. The molecule has 0 aliphatic heterocycles. The van der Waals surface area contributed by atoms with Crippen molar-refractivity contribution in [1.29, 1.82) is 0 Å². The molecule has 0 saturated heterocycles. The van der Waals surface area contributed by atoms with E-state index in [9.17, 15) is 9.18 Å². The van der Waals surface area contributed by atoms with Gasteiger partial charge < -0.3 is 10.4 Å². The second-order valence-electron chi connectivity index (χ2n) is 3.18. The summed E-state index contributed by atoms with van der Waals surface area (Å²) >= 11 is 3.15. The summed E-state index contributed by atoms with van der Waals surface area (Å²) in [7, 11) is 0. The first-order chi connectivity index (χ1) is 7.00. The minimum atomic E-state index is -0.649. The van der Waals surface area contributed by atoms with E-state index in [0.29, 0.717) is 4.47 Å².